The lowest BCUT2D eigenvalue weighted by molar-refractivity contribution is 0.0758. The summed E-state index contributed by atoms with van der Waals surface area (Å²) in [6.07, 6.45) is 2.25. The van der Waals surface area contributed by atoms with Crippen molar-refractivity contribution in [1.82, 2.24) is 14.5 Å². The molecule has 6 heteroatoms. The van der Waals surface area contributed by atoms with Crippen LogP contribution in [-0.4, -0.2) is 38.3 Å². The number of halogens is 1. The van der Waals surface area contributed by atoms with Crippen molar-refractivity contribution in [3.8, 4) is 0 Å². The standard InChI is InChI=1S/C11H16BrN3OS/c1-7(2)9-10(17-14-13-9)11(16)15(6-5-12)8-3-4-8/h7-8H,3-6H2,1-2H3. The largest absolute Gasteiger partial charge is 0.334 e. The number of carbonyl (C=O) groups is 1. The molecule has 1 aliphatic carbocycles. The van der Waals surface area contributed by atoms with Crippen molar-refractivity contribution < 1.29 is 4.79 Å². The first-order valence-electron chi connectivity index (χ1n) is 5.84. The Kier molecular flexibility index (Phi) is 4.14. The van der Waals surface area contributed by atoms with Crippen LogP contribution in [0.2, 0.25) is 0 Å². The lowest BCUT2D eigenvalue weighted by atomic mass is 10.1. The topological polar surface area (TPSA) is 46.1 Å². The zero-order valence-electron chi connectivity index (χ0n) is 10.0. The van der Waals surface area contributed by atoms with E-state index in [0.717, 1.165) is 30.4 Å². The minimum Gasteiger partial charge on any atom is -0.334 e. The average Bonchev–Trinajstić information content (AvgIpc) is 3.00. The monoisotopic (exact) mass is 317 g/mol. The quantitative estimate of drug-likeness (QED) is 0.784. The minimum absolute atomic E-state index is 0.102. The summed E-state index contributed by atoms with van der Waals surface area (Å²) < 4.78 is 3.92. The van der Waals surface area contributed by atoms with Crippen molar-refractivity contribution in [2.75, 3.05) is 11.9 Å². The highest BCUT2D eigenvalue weighted by Crippen LogP contribution is 2.30. The van der Waals surface area contributed by atoms with E-state index in [1.54, 1.807) is 0 Å². The molecule has 1 aromatic heterocycles. The molecular formula is C11H16BrN3OS. The first-order chi connectivity index (χ1) is 8.15. The first-order valence-corrected chi connectivity index (χ1v) is 7.73. The lowest BCUT2D eigenvalue weighted by Gasteiger charge is -2.20. The summed E-state index contributed by atoms with van der Waals surface area (Å²) in [4.78, 5) is 15.1. The van der Waals surface area contributed by atoms with E-state index < -0.39 is 0 Å². The molecule has 0 bridgehead atoms. The van der Waals surface area contributed by atoms with Gasteiger partial charge in [0.2, 0.25) is 0 Å². The molecule has 0 unspecified atom stereocenters. The highest BCUT2D eigenvalue weighted by Gasteiger charge is 2.34. The molecule has 0 saturated heterocycles. The SMILES string of the molecule is CC(C)c1nnsc1C(=O)N(CCBr)C1CC1. The van der Waals surface area contributed by atoms with E-state index in [9.17, 15) is 4.79 Å². The van der Waals surface area contributed by atoms with Crippen LogP contribution in [0.4, 0.5) is 0 Å². The maximum Gasteiger partial charge on any atom is 0.267 e. The van der Waals surface area contributed by atoms with Crippen molar-refractivity contribution in [3.63, 3.8) is 0 Å². The molecule has 1 amide bonds. The Morgan fingerprint density at radius 2 is 2.29 bits per heavy atom. The molecule has 1 aromatic rings. The summed E-state index contributed by atoms with van der Waals surface area (Å²) in [5.74, 6) is 0.350. The van der Waals surface area contributed by atoms with Crippen LogP contribution in [0.5, 0.6) is 0 Å². The molecule has 0 spiro atoms. The molecule has 1 saturated carbocycles. The zero-order valence-corrected chi connectivity index (χ0v) is 12.4. The van der Waals surface area contributed by atoms with Crippen molar-refractivity contribution in [2.24, 2.45) is 0 Å². The van der Waals surface area contributed by atoms with Gasteiger partial charge in [0.05, 0.1) is 5.69 Å². The van der Waals surface area contributed by atoms with Gasteiger partial charge in [-0.25, -0.2) is 0 Å². The summed E-state index contributed by atoms with van der Waals surface area (Å²) in [6, 6.07) is 0.433. The molecule has 0 aromatic carbocycles. The third-order valence-electron chi connectivity index (χ3n) is 2.83. The van der Waals surface area contributed by atoms with E-state index in [1.165, 1.54) is 11.5 Å². The van der Waals surface area contributed by atoms with Crippen LogP contribution >= 0.6 is 27.5 Å². The minimum atomic E-state index is 0.102. The molecule has 0 radical (unpaired) electrons. The normalized spacial score (nSPS) is 15.3. The fourth-order valence-corrected chi connectivity index (χ4v) is 2.94. The number of hydrogen-bond acceptors (Lipinski definition) is 4. The third-order valence-corrected chi connectivity index (χ3v) is 3.91. The summed E-state index contributed by atoms with van der Waals surface area (Å²) in [5.41, 5.74) is 0.834. The number of carbonyl (C=O) groups excluding carboxylic acids is 1. The average molecular weight is 318 g/mol. The van der Waals surface area contributed by atoms with E-state index in [4.69, 9.17) is 0 Å². The fraction of sp³-hybridized carbons (Fsp3) is 0.727. The number of nitrogens with zero attached hydrogens (tertiary/aromatic N) is 3. The summed E-state index contributed by atoms with van der Waals surface area (Å²) in [5, 5.41) is 4.89. The number of hydrogen-bond donors (Lipinski definition) is 0. The molecule has 4 nitrogen and oxygen atoms in total. The predicted octanol–water partition coefficient (Wildman–Crippen LogP) is 2.66. The molecule has 0 aliphatic heterocycles. The zero-order chi connectivity index (χ0) is 12.4. The van der Waals surface area contributed by atoms with Gasteiger partial charge in [-0.2, -0.15) is 0 Å². The van der Waals surface area contributed by atoms with E-state index in [2.05, 4.69) is 25.5 Å². The van der Waals surface area contributed by atoms with Crippen LogP contribution in [0.3, 0.4) is 0 Å². The smallest absolute Gasteiger partial charge is 0.267 e. The Hall–Kier alpha value is -0.490. The van der Waals surface area contributed by atoms with Crippen LogP contribution in [0.1, 0.15) is 48.0 Å². The lowest BCUT2D eigenvalue weighted by Crippen LogP contribution is -2.34. The first kappa shape index (κ1) is 13.0. The van der Waals surface area contributed by atoms with E-state index >= 15 is 0 Å². The Labute approximate surface area is 114 Å². The summed E-state index contributed by atoms with van der Waals surface area (Å²) in [7, 11) is 0. The number of amides is 1. The van der Waals surface area contributed by atoms with Crippen LogP contribution in [0.25, 0.3) is 0 Å². The fourth-order valence-electron chi connectivity index (χ4n) is 1.78. The molecule has 0 atom stereocenters. The second kappa shape index (κ2) is 5.44. The Morgan fingerprint density at radius 1 is 1.59 bits per heavy atom. The van der Waals surface area contributed by atoms with Gasteiger partial charge >= 0.3 is 0 Å². The Morgan fingerprint density at radius 3 is 2.82 bits per heavy atom. The molecule has 1 fully saturated rings. The van der Waals surface area contributed by atoms with Gasteiger partial charge in [-0.3, -0.25) is 4.79 Å². The van der Waals surface area contributed by atoms with Crippen molar-refractivity contribution >= 4 is 33.4 Å². The van der Waals surface area contributed by atoms with Gasteiger partial charge in [-0.1, -0.05) is 34.3 Å². The maximum absolute atomic E-state index is 12.4. The van der Waals surface area contributed by atoms with Crippen LogP contribution < -0.4 is 0 Å². The molecule has 94 valence electrons. The van der Waals surface area contributed by atoms with E-state index in [-0.39, 0.29) is 11.8 Å². The Bertz CT molecular complexity index is 403. The number of alkyl halides is 1. The molecule has 17 heavy (non-hydrogen) atoms. The van der Waals surface area contributed by atoms with Crippen molar-refractivity contribution in [3.05, 3.63) is 10.6 Å². The second-order valence-corrected chi connectivity index (χ2v) is 6.11. The van der Waals surface area contributed by atoms with Crippen molar-refractivity contribution in [2.45, 2.75) is 38.6 Å². The highest BCUT2D eigenvalue weighted by atomic mass is 79.9. The van der Waals surface area contributed by atoms with Crippen LogP contribution in [-0.2, 0) is 0 Å². The molecule has 1 heterocycles. The van der Waals surface area contributed by atoms with E-state index in [1.807, 2.05) is 18.7 Å². The molecule has 2 rings (SSSR count). The molecule has 1 aliphatic rings. The highest BCUT2D eigenvalue weighted by molar-refractivity contribution is 9.09. The van der Waals surface area contributed by atoms with Crippen molar-refractivity contribution in [1.29, 1.82) is 0 Å². The van der Waals surface area contributed by atoms with Crippen LogP contribution in [0, 0.1) is 0 Å². The van der Waals surface area contributed by atoms with Gasteiger partial charge in [-0.15, -0.1) is 5.10 Å². The van der Waals surface area contributed by atoms with Gasteiger partial charge in [-0.05, 0) is 30.3 Å². The Balaban J connectivity index is 2.19. The summed E-state index contributed by atoms with van der Waals surface area (Å²) >= 11 is 4.62. The summed E-state index contributed by atoms with van der Waals surface area (Å²) in [6.45, 7) is 4.85. The second-order valence-electron chi connectivity index (χ2n) is 4.56. The van der Waals surface area contributed by atoms with Gasteiger partial charge in [0.1, 0.15) is 4.88 Å². The van der Waals surface area contributed by atoms with Crippen LogP contribution in [0.15, 0.2) is 0 Å². The molecule has 0 N–H and O–H groups in total. The number of aromatic nitrogens is 2. The maximum atomic E-state index is 12.4. The van der Waals surface area contributed by atoms with Gasteiger partial charge in [0.15, 0.2) is 0 Å². The van der Waals surface area contributed by atoms with Gasteiger partial charge < -0.3 is 4.90 Å². The van der Waals surface area contributed by atoms with E-state index in [0.29, 0.717) is 10.9 Å². The predicted molar refractivity (Wildman–Crippen MR) is 71.9 cm³/mol. The molecular weight excluding hydrogens is 302 g/mol. The number of rotatable bonds is 5. The third kappa shape index (κ3) is 2.85. The van der Waals surface area contributed by atoms with Gasteiger partial charge in [0.25, 0.3) is 5.91 Å². The van der Waals surface area contributed by atoms with Gasteiger partial charge in [0, 0.05) is 17.9 Å².